The molecule has 2 unspecified atom stereocenters. The van der Waals surface area contributed by atoms with E-state index in [0.717, 1.165) is 18.7 Å². The standard InChI is InChI=1S/C10H19N3O/c1-3-6-13-9(4-5-12-13)10(14)8(2)7-11/h4-5,8,10,14H,3,6-7,11H2,1-2H3. The first-order chi connectivity index (χ1) is 6.70. The summed E-state index contributed by atoms with van der Waals surface area (Å²) in [6, 6.07) is 1.85. The van der Waals surface area contributed by atoms with Gasteiger partial charge < -0.3 is 10.8 Å². The molecule has 3 N–H and O–H groups in total. The fourth-order valence-corrected chi connectivity index (χ4v) is 1.41. The van der Waals surface area contributed by atoms with Crippen molar-refractivity contribution in [3.8, 4) is 0 Å². The van der Waals surface area contributed by atoms with Crippen LogP contribution in [0.25, 0.3) is 0 Å². The molecule has 0 amide bonds. The van der Waals surface area contributed by atoms with Gasteiger partial charge in [-0.05, 0) is 24.9 Å². The maximum Gasteiger partial charge on any atom is 0.0994 e. The summed E-state index contributed by atoms with van der Waals surface area (Å²) >= 11 is 0. The summed E-state index contributed by atoms with van der Waals surface area (Å²) in [7, 11) is 0. The second kappa shape index (κ2) is 5.12. The lowest BCUT2D eigenvalue weighted by molar-refractivity contribution is 0.112. The molecule has 4 nitrogen and oxygen atoms in total. The lowest BCUT2D eigenvalue weighted by Crippen LogP contribution is -2.21. The van der Waals surface area contributed by atoms with Gasteiger partial charge in [0.1, 0.15) is 0 Å². The molecule has 0 bridgehead atoms. The molecule has 0 saturated carbocycles. The first-order valence-corrected chi connectivity index (χ1v) is 5.10. The fraction of sp³-hybridized carbons (Fsp3) is 0.700. The topological polar surface area (TPSA) is 64.1 Å². The van der Waals surface area contributed by atoms with Gasteiger partial charge in [-0.3, -0.25) is 4.68 Å². The summed E-state index contributed by atoms with van der Waals surface area (Å²) in [6.45, 7) is 5.35. The maximum atomic E-state index is 9.94. The van der Waals surface area contributed by atoms with E-state index in [1.54, 1.807) is 6.20 Å². The molecule has 2 atom stereocenters. The van der Waals surface area contributed by atoms with Gasteiger partial charge in [-0.15, -0.1) is 0 Å². The lowest BCUT2D eigenvalue weighted by Gasteiger charge is -2.18. The average molecular weight is 197 g/mol. The molecule has 0 aliphatic heterocycles. The van der Waals surface area contributed by atoms with Gasteiger partial charge in [0.05, 0.1) is 11.8 Å². The molecule has 1 aromatic heterocycles. The smallest absolute Gasteiger partial charge is 0.0994 e. The third-order valence-electron chi connectivity index (χ3n) is 2.40. The van der Waals surface area contributed by atoms with Gasteiger partial charge >= 0.3 is 0 Å². The molecule has 0 aromatic carbocycles. The molecule has 1 aromatic rings. The molecule has 1 heterocycles. The van der Waals surface area contributed by atoms with Crippen molar-refractivity contribution in [2.45, 2.75) is 32.9 Å². The van der Waals surface area contributed by atoms with E-state index >= 15 is 0 Å². The van der Waals surface area contributed by atoms with Crippen molar-refractivity contribution in [3.63, 3.8) is 0 Å². The molecule has 80 valence electrons. The second-order valence-electron chi connectivity index (χ2n) is 3.64. The summed E-state index contributed by atoms with van der Waals surface area (Å²) in [4.78, 5) is 0. The molecule has 0 radical (unpaired) electrons. The van der Waals surface area contributed by atoms with Gasteiger partial charge in [0.15, 0.2) is 0 Å². The van der Waals surface area contributed by atoms with Gasteiger partial charge in [-0.25, -0.2) is 0 Å². The van der Waals surface area contributed by atoms with E-state index in [2.05, 4.69) is 12.0 Å². The fourth-order valence-electron chi connectivity index (χ4n) is 1.41. The highest BCUT2D eigenvalue weighted by atomic mass is 16.3. The minimum atomic E-state index is -0.506. The summed E-state index contributed by atoms with van der Waals surface area (Å²) < 4.78 is 1.84. The molecule has 4 heteroatoms. The Morgan fingerprint density at radius 2 is 2.36 bits per heavy atom. The SMILES string of the molecule is CCCn1nccc1C(O)C(C)CN. The molecule has 14 heavy (non-hydrogen) atoms. The van der Waals surface area contributed by atoms with Crippen molar-refractivity contribution in [2.24, 2.45) is 11.7 Å². The van der Waals surface area contributed by atoms with Crippen LogP contribution < -0.4 is 5.73 Å². The molecule has 0 aliphatic rings. The Morgan fingerprint density at radius 3 is 2.93 bits per heavy atom. The molecule has 0 spiro atoms. The minimum absolute atomic E-state index is 0.0716. The Bertz CT molecular complexity index is 272. The van der Waals surface area contributed by atoms with Crippen molar-refractivity contribution in [1.82, 2.24) is 9.78 Å². The van der Waals surface area contributed by atoms with Crippen molar-refractivity contribution in [1.29, 1.82) is 0 Å². The van der Waals surface area contributed by atoms with Crippen LogP contribution in [0.1, 0.15) is 32.1 Å². The average Bonchev–Trinajstić information content (AvgIpc) is 2.64. The molecular weight excluding hydrogens is 178 g/mol. The molecule has 0 aliphatic carbocycles. The lowest BCUT2D eigenvalue weighted by atomic mass is 10.0. The predicted octanol–water partition coefficient (Wildman–Crippen LogP) is 0.921. The minimum Gasteiger partial charge on any atom is -0.386 e. The summed E-state index contributed by atoms with van der Waals surface area (Å²) in [5, 5.41) is 14.1. The third kappa shape index (κ3) is 2.33. The van der Waals surface area contributed by atoms with E-state index in [1.165, 1.54) is 0 Å². The number of aliphatic hydroxyl groups excluding tert-OH is 1. The highest BCUT2D eigenvalue weighted by molar-refractivity contribution is 5.05. The Balaban J connectivity index is 2.77. The maximum absolute atomic E-state index is 9.94. The van der Waals surface area contributed by atoms with Crippen molar-refractivity contribution in [2.75, 3.05) is 6.54 Å². The number of hydrogen-bond donors (Lipinski definition) is 2. The number of nitrogens with zero attached hydrogens (tertiary/aromatic N) is 2. The number of hydrogen-bond acceptors (Lipinski definition) is 3. The van der Waals surface area contributed by atoms with Gasteiger partial charge in [-0.2, -0.15) is 5.10 Å². The quantitative estimate of drug-likeness (QED) is 0.737. The van der Waals surface area contributed by atoms with E-state index in [-0.39, 0.29) is 5.92 Å². The first-order valence-electron chi connectivity index (χ1n) is 5.10. The summed E-state index contributed by atoms with van der Waals surface area (Å²) in [5.74, 6) is 0.0716. The number of rotatable bonds is 5. The van der Waals surface area contributed by atoms with E-state index in [0.29, 0.717) is 6.54 Å². The van der Waals surface area contributed by atoms with Crippen LogP contribution in [0.5, 0.6) is 0 Å². The van der Waals surface area contributed by atoms with Crippen molar-refractivity contribution < 1.29 is 5.11 Å². The van der Waals surface area contributed by atoms with Crippen molar-refractivity contribution in [3.05, 3.63) is 18.0 Å². The van der Waals surface area contributed by atoms with Gasteiger partial charge in [0.2, 0.25) is 0 Å². The van der Waals surface area contributed by atoms with E-state index < -0.39 is 6.10 Å². The van der Waals surface area contributed by atoms with Gasteiger partial charge in [-0.1, -0.05) is 13.8 Å². The van der Waals surface area contributed by atoms with Crippen LogP contribution in [-0.2, 0) is 6.54 Å². The second-order valence-corrected chi connectivity index (χ2v) is 3.64. The Hall–Kier alpha value is -0.870. The number of aromatic nitrogens is 2. The largest absolute Gasteiger partial charge is 0.386 e. The molecule has 0 saturated heterocycles. The zero-order valence-electron chi connectivity index (χ0n) is 8.85. The summed E-state index contributed by atoms with van der Waals surface area (Å²) in [6.07, 6.45) is 2.23. The molecule has 1 rings (SSSR count). The van der Waals surface area contributed by atoms with Crippen LogP contribution in [0, 0.1) is 5.92 Å². The van der Waals surface area contributed by atoms with Gasteiger partial charge in [0.25, 0.3) is 0 Å². The Kier molecular flexibility index (Phi) is 4.10. The molecule has 0 fully saturated rings. The summed E-state index contributed by atoms with van der Waals surface area (Å²) in [5.41, 5.74) is 6.38. The zero-order valence-corrected chi connectivity index (χ0v) is 8.85. The Morgan fingerprint density at radius 1 is 1.64 bits per heavy atom. The molecular formula is C10H19N3O. The van der Waals surface area contributed by atoms with Crippen LogP contribution in [0.3, 0.4) is 0 Å². The van der Waals surface area contributed by atoms with Crippen LogP contribution in [0.15, 0.2) is 12.3 Å². The van der Waals surface area contributed by atoms with Crippen LogP contribution in [0.2, 0.25) is 0 Å². The van der Waals surface area contributed by atoms with E-state index in [4.69, 9.17) is 5.73 Å². The normalized spacial score (nSPS) is 15.4. The monoisotopic (exact) mass is 197 g/mol. The van der Waals surface area contributed by atoms with Crippen LogP contribution in [0.4, 0.5) is 0 Å². The van der Waals surface area contributed by atoms with E-state index in [1.807, 2.05) is 17.7 Å². The predicted molar refractivity (Wildman–Crippen MR) is 55.7 cm³/mol. The third-order valence-corrected chi connectivity index (χ3v) is 2.40. The van der Waals surface area contributed by atoms with Crippen LogP contribution >= 0.6 is 0 Å². The number of aliphatic hydroxyl groups is 1. The zero-order chi connectivity index (χ0) is 10.6. The first kappa shape index (κ1) is 11.2. The Labute approximate surface area is 84.7 Å². The van der Waals surface area contributed by atoms with Crippen molar-refractivity contribution >= 4 is 0 Å². The van der Waals surface area contributed by atoms with Crippen LogP contribution in [-0.4, -0.2) is 21.4 Å². The number of aryl methyl sites for hydroxylation is 1. The van der Waals surface area contributed by atoms with E-state index in [9.17, 15) is 5.11 Å². The number of nitrogens with two attached hydrogens (primary N) is 1. The highest BCUT2D eigenvalue weighted by Crippen LogP contribution is 2.20. The highest BCUT2D eigenvalue weighted by Gasteiger charge is 2.18. The van der Waals surface area contributed by atoms with Gasteiger partial charge in [0, 0.05) is 12.7 Å².